The summed E-state index contributed by atoms with van der Waals surface area (Å²) in [5.41, 5.74) is 0.221. The van der Waals surface area contributed by atoms with Crippen LogP contribution >= 0.6 is 23.2 Å². The Morgan fingerprint density at radius 1 is 1.43 bits per heavy atom. The molecule has 2 N–H and O–H groups in total. The average molecular weight is 374 g/mol. The van der Waals surface area contributed by atoms with Gasteiger partial charge >= 0.3 is 0 Å². The number of nitrogens with zero attached hydrogens (tertiary/aromatic N) is 1. The van der Waals surface area contributed by atoms with E-state index in [1.807, 2.05) is 0 Å². The molecule has 0 saturated heterocycles. The van der Waals surface area contributed by atoms with Crippen LogP contribution in [0.15, 0.2) is 21.9 Å². The summed E-state index contributed by atoms with van der Waals surface area (Å²) in [5.74, 6) is 0.0311. The zero-order chi connectivity index (χ0) is 16.0. The van der Waals surface area contributed by atoms with Crippen molar-refractivity contribution in [1.29, 1.82) is 0 Å². The first-order chi connectivity index (χ1) is 9.65. The molecule has 1 aliphatic rings. The highest BCUT2D eigenvalue weighted by atomic mass is 35.5. The minimum Gasteiger partial charge on any atom is -0.367 e. The molecule has 0 fully saturated rings. The Bertz CT molecular complexity index is 780. The van der Waals surface area contributed by atoms with Crippen LogP contribution in [0.4, 0.5) is 5.69 Å². The summed E-state index contributed by atoms with van der Waals surface area (Å²) >= 11 is 11.7. The summed E-state index contributed by atoms with van der Waals surface area (Å²) in [7, 11) is -5.15. The molecule has 1 aromatic carbocycles. The first-order valence-electron chi connectivity index (χ1n) is 5.72. The highest BCUT2D eigenvalue weighted by Crippen LogP contribution is 2.36. The zero-order valence-corrected chi connectivity index (χ0v) is 14.2. The third kappa shape index (κ3) is 2.73. The van der Waals surface area contributed by atoms with Crippen molar-refractivity contribution in [3.63, 3.8) is 0 Å². The van der Waals surface area contributed by atoms with Crippen molar-refractivity contribution >= 4 is 48.9 Å². The predicted molar refractivity (Wildman–Crippen MR) is 80.8 cm³/mol. The first-order valence-corrected chi connectivity index (χ1v) is 9.56. The van der Waals surface area contributed by atoms with E-state index in [1.165, 1.54) is 20.2 Å². The number of benzene rings is 1. The van der Waals surface area contributed by atoms with Crippen molar-refractivity contribution in [3.8, 4) is 0 Å². The summed E-state index contributed by atoms with van der Waals surface area (Å²) in [5, 5.41) is 2.82. The fourth-order valence-corrected chi connectivity index (χ4v) is 5.06. The number of anilines is 1. The second-order valence-electron chi connectivity index (χ2n) is 4.32. The van der Waals surface area contributed by atoms with Gasteiger partial charge in [0.2, 0.25) is 20.0 Å². The van der Waals surface area contributed by atoms with Crippen LogP contribution in [0.3, 0.4) is 0 Å². The number of hydrogen-bond acceptors (Lipinski definition) is 5. The molecule has 7 nitrogen and oxygen atoms in total. The Hall–Kier alpha value is -0.580. The molecular formula is C10H13Cl2N3O4S2. The fourth-order valence-electron chi connectivity index (χ4n) is 1.91. The lowest BCUT2D eigenvalue weighted by Gasteiger charge is -2.33. The lowest BCUT2D eigenvalue weighted by molar-refractivity contribution is 0.411. The third-order valence-electron chi connectivity index (χ3n) is 3.16. The minimum absolute atomic E-state index is 0.0311. The highest BCUT2D eigenvalue weighted by molar-refractivity contribution is 7.90. The SMILES string of the molecule is CNS(=O)(=O)c1cc2c(cc1Cl)NC(CCl)N(C)S2(=O)=O. The number of fused-ring (bicyclic) bond motifs is 1. The van der Waals surface area contributed by atoms with Crippen LogP contribution in [-0.4, -0.2) is 47.3 Å². The largest absolute Gasteiger partial charge is 0.367 e. The van der Waals surface area contributed by atoms with Crippen molar-refractivity contribution in [3.05, 3.63) is 17.2 Å². The van der Waals surface area contributed by atoms with Gasteiger partial charge in [-0.15, -0.1) is 11.6 Å². The van der Waals surface area contributed by atoms with Gasteiger partial charge in [-0.05, 0) is 19.2 Å². The molecule has 0 saturated carbocycles. The van der Waals surface area contributed by atoms with Gasteiger partial charge in [-0.3, -0.25) is 0 Å². The van der Waals surface area contributed by atoms with E-state index in [2.05, 4.69) is 10.0 Å². The summed E-state index contributed by atoms with van der Waals surface area (Å²) in [6, 6.07) is 2.30. The van der Waals surface area contributed by atoms with Crippen LogP contribution < -0.4 is 10.0 Å². The molecule has 21 heavy (non-hydrogen) atoms. The summed E-state index contributed by atoms with van der Waals surface area (Å²) < 4.78 is 51.7. The number of hydrogen-bond donors (Lipinski definition) is 2. The summed E-state index contributed by atoms with van der Waals surface area (Å²) in [4.78, 5) is -0.460. The Labute approximate surface area is 133 Å². The number of alkyl halides is 1. The quantitative estimate of drug-likeness (QED) is 0.766. The van der Waals surface area contributed by atoms with Crippen LogP contribution in [-0.2, 0) is 20.0 Å². The number of nitrogens with one attached hydrogen (secondary N) is 2. The Morgan fingerprint density at radius 3 is 2.57 bits per heavy atom. The van der Waals surface area contributed by atoms with Gasteiger partial charge in [-0.2, -0.15) is 4.31 Å². The Morgan fingerprint density at radius 2 is 2.05 bits per heavy atom. The molecule has 1 unspecified atom stereocenters. The number of sulfonamides is 2. The summed E-state index contributed by atoms with van der Waals surface area (Å²) in [6.45, 7) is 0. The topological polar surface area (TPSA) is 95.6 Å². The molecule has 0 radical (unpaired) electrons. The van der Waals surface area contributed by atoms with Gasteiger partial charge in [0.05, 0.1) is 16.6 Å². The monoisotopic (exact) mass is 373 g/mol. The van der Waals surface area contributed by atoms with Gasteiger partial charge < -0.3 is 5.32 Å². The van der Waals surface area contributed by atoms with Crippen LogP contribution in [0.1, 0.15) is 0 Å². The van der Waals surface area contributed by atoms with Crippen LogP contribution in [0.5, 0.6) is 0 Å². The molecule has 1 heterocycles. The molecule has 1 aliphatic heterocycles. The predicted octanol–water partition coefficient (Wildman–Crippen LogP) is 0.859. The van der Waals surface area contributed by atoms with Gasteiger partial charge in [0.1, 0.15) is 16.0 Å². The van der Waals surface area contributed by atoms with E-state index in [0.717, 1.165) is 10.4 Å². The standard InChI is InChI=1S/C10H13Cl2N3O4S2/c1-13-20(16,17)8-4-9-7(3-6(8)12)14-10(5-11)15(2)21(9,18)19/h3-4,10,13-14H,5H2,1-2H3. The smallest absolute Gasteiger partial charge is 0.246 e. The molecule has 1 aromatic rings. The lowest BCUT2D eigenvalue weighted by Crippen LogP contribution is -2.47. The van der Waals surface area contributed by atoms with Gasteiger partial charge in [-0.1, -0.05) is 11.6 Å². The molecule has 118 valence electrons. The van der Waals surface area contributed by atoms with Gasteiger partial charge in [-0.25, -0.2) is 21.6 Å². The van der Waals surface area contributed by atoms with E-state index >= 15 is 0 Å². The van der Waals surface area contributed by atoms with Crippen LogP contribution in [0.2, 0.25) is 5.02 Å². The zero-order valence-electron chi connectivity index (χ0n) is 11.1. The van der Waals surface area contributed by atoms with Crippen molar-refractivity contribution in [2.45, 2.75) is 16.0 Å². The number of halogens is 2. The molecule has 0 spiro atoms. The molecular weight excluding hydrogens is 361 g/mol. The van der Waals surface area contributed by atoms with Crippen molar-refractivity contribution < 1.29 is 16.8 Å². The fraction of sp³-hybridized carbons (Fsp3) is 0.400. The van der Waals surface area contributed by atoms with Crippen molar-refractivity contribution in [1.82, 2.24) is 9.03 Å². The van der Waals surface area contributed by atoms with Crippen LogP contribution in [0, 0.1) is 0 Å². The van der Waals surface area contributed by atoms with E-state index < -0.39 is 26.2 Å². The van der Waals surface area contributed by atoms with E-state index in [4.69, 9.17) is 23.2 Å². The van der Waals surface area contributed by atoms with E-state index in [1.54, 1.807) is 0 Å². The van der Waals surface area contributed by atoms with Gasteiger partial charge in [0.25, 0.3) is 0 Å². The van der Waals surface area contributed by atoms with Gasteiger partial charge in [0, 0.05) is 7.05 Å². The molecule has 0 aliphatic carbocycles. The maximum atomic E-state index is 12.4. The molecule has 0 amide bonds. The maximum absolute atomic E-state index is 12.4. The molecule has 2 rings (SSSR count). The molecule has 0 aromatic heterocycles. The minimum atomic E-state index is -3.87. The highest BCUT2D eigenvalue weighted by Gasteiger charge is 2.36. The molecule has 1 atom stereocenters. The van der Waals surface area contributed by atoms with Crippen molar-refractivity contribution in [2.75, 3.05) is 25.3 Å². The Balaban J connectivity index is 2.73. The maximum Gasteiger partial charge on any atom is 0.246 e. The van der Waals surface area contributed by atoms with Crippen LogP contribution in [0.25, 0.3) is 0 Å². The van der Waals surface area contributed by atoms with E-state index in [0.29, 0.717) is 0 Å². The molecule has 0 bridgehead atoms. The second kappa shape index (κ2) is 5.56. The third-order valence-corrected chi connectivity index (χ3v) is 7.23. The Kier molecular flexibility index (Phi) is 4.45. The van der Waals surface area contributed by atoms with Gasteiger partial charge in [0.15, 0.2) is 0 Å². The van der Waals surface area contributed by atoms with E-state index in [-0.39, 0.29) is 26.4 Å². The molecule has 11 heteroatoms. The van der Waals surface area contributed by atoms with Crippen molar-refractivity contribution in [2.24, 2.45) is 0 Å². The number of rotatable bonds is 3. The van der Waals surface area contributed by atoms with E-state index in [9.17, 15) is 16.8 Å². The first kappa shape index (κ1) is 16.8. The summed E-state index contributed by atoms with van der Waals surface area (Å²) in [6.07, 6.45) is -0.632. The average Bonchev–Trinajstić information content (AvgIpc) is 2.42. The normalized spacial score (nSPS) is 21.6. The lowest BCUT2D eigenvalue weighted by atomic mass is 10.3. The second-order valence-corrected chi connectivity index (χ2v) is 8.86.